The van der Waals surface area contributed by atoms with Crippen LogP contribution >= 0.6 is 0 Å². The monoisotopic (exact) mass is 195 g/mol. The summed E-state index contributed by atoms with van der Waals surface area (Å²) < 4.78 is 0. The molecule has 0 heteroatoms. The summed E-state index contributed by atoms with van der Waals surface area (Å²) in [6.07, 6.45) is 1.08. The third-order valence-electron chi connectivity index (χ3n) is 2.65. The summed E-state index contributed by atoms with van der Waals surface area (Å²) in [7, 11) is 0. The molecule has 15 heavy (non-hydrogen) atoms. The molecule has 0 amide bonds. The van der Waals surface area contributed by atoms with E-state index in [-0.39, 0.29) is 0 Å². The van der Waals surface area contributed by atoms with E-state index in [0.29, 0.717) is 5.92 Å². The fourth-order valence-corrected chi connectivity index (χ4v) is 1.79. The molecule has 75 valence electrons. The largest absolute Gasteiger partial charge is 0.0622 e. The molecule has 0 aliphatic heterocycles. The van der Waals surface area contributed by atoms with Gasteiger partial charge in [0.2, 0.25) is 0 Å². The van der Waals surface area contributed by atoms with Crippen LogP contribution in [0.1, 0.15) is 24.0 Å². The Hall–Kier alpha value is -1.56. The topological polar surface area (TPSA) is 0 Å². The van der Waals surface area contributed by atoms with Gasteiger partial charge in [-0.2, -0.15) is 0 Å². The van der Waals surface area contributed by atoms with Crippen LogP contribution < -0.4 is 0 Å². The number of benzene rings is 2. The van der Waals surface area contributed by atoms with E-state index in [0.717, 1.165) is 6.42 Å². The lowest BCUT2D eigenvalue weighted by atomic mass is 9.94. The maximum absolute atomic E-state index is 3.29. The summed E-state index contributed by atoms with van der Waals surface area (Å²) in [5.41, 5.74) is 2.68. The van der Waals surface area contributed by atoms with E-state index in [1.54, 1.807) is 0 Å². The molecule has 2 rings (SSSR count). The van der Waals surface area contributed by atoms with Crippen LogP contribution in [-0.4, -0.2) is 0 Å². The van der Waals surface area contributed by atoms with Crippen LogP contribution in [0, 0.1) is 6.07 Å². The van der Waals surface area contributed by atoms with Gasteiger partial charge in [0, 0.05) is 0 Å². The number of hydrogen-bond acceptors (Lipinski definition) is 0. The molecule has 1 radical (unpaired) electrons. The third kappa shape index (κ3) is 2.69. The average molecular weight is 195 g/mol. The summed E-state index contributed by atoms with van der Waals surface area (Å²) in [5.74, 6) is 0.536. The highest BCUT2D eigenvalue weighted by atomic mass is 14.1. The molecule has 1 atom stereocenters. The van der Waals surface area contributed by atoms with Gasteiger partial charge in [-0.3, -0.25) is 0 Å². The number of hydrogen-bond donors (Lipinski definition) is 0. The Morgan fingerprint density at radius 3 is 2.40 bits per heavy atom. The van der Waals surface area contributed by atoms with Crippen LogP contribution in [0.15, 0.2) is 54.6 Å². The molecular weight excluding hydrogens is 180 g/mol. The van der Waals surface area contributed by atoms with Gasteiger partial charge in [0.15, 0.2) is 0 Å². The molecule has 0 bridgehead atoms. The molecule has 0 spiro atoms. The minimum atomic E-state index is 0.536. The van der Waals surface area contributed by atoms with Gasteiger partial charge in [-0.25, -0.2) is 0 Å². The zero-order valence-electron chi connectivity index (χ0n) is 8.98. The maximum atomic E-state index is 3.29. The third-order valence-corrected chi connectivity index (χ3v) is 2.65. The first kappa shape index (κ1) is 9.97. The molecule has 0 aliphatic carbocycles. The van der Waals surface area contributed by atoms with Crippen LogP contribution in [0.5, 0.6) is 0 Å². The molecule has 0 heterocycles. The first-order valence-electron chi connectivity index (χ1n) is 5.37. The van der Waals surface area contributed by atoms with Crippen LogP contribution in [0.2, 0.25) is 0 Å². The molecule has 2 aromatic carbocycles. The second-order valence-electron chi connectivity index (χ2n) is 3.91. The molecule has 0 aromatic heterocycles. The second-order valence-corrected chi connectivity index (χ2v) is 3.91. The number of rotatable bonds is 3. The predicted octanol–water partition coefficient (Wildman–Crippen LogP) is 3.83. The van der Waals surface area contributed by atoms with Gasteiger partial charge < -0.3 is 0 Å². The van der Waals surface area contributed by atoms with Gasteiger partial charge in [0.05, 0.1) is 0 Å². The smallest absolute Gasteiger partial charge is 0.0144 e. The van der Waals surface area contributed by atoms with E-state index >= 15 is 0 Å². The Kier molecular flexibility index (Phi) is 3.18. The standard InChI is InChI=1S/C15H15/c1-13(15-10-6-3-7-11-15)12-14-8-4-2-5-9-14/h2-10,13H,12H2,1H3. The minimum Gasteiger partial charge on any atom is -0.0622 e. The fourth-order valence-electron chi connectivity index (χ4n) is 1.79. The van der Waals surface area contributed by atoms with Gasteiger partial charge in [0.25, 0.3) is 0 Å². The Bertz CT molecular complexity index is 389. The maximum Gasteiger partial charge on any atom is -0.0144 e. The Labute approximate surface area is 91.6 Å². The van der Waals surface area contributed by atoms with E-state index in [2.05, 4.69) is 55.5 Å². The lowest BCUT2D eigenvalue weighted by Crippen LogP contribution is -1.97. The highest BCUT2D eigenvalue weighted by Crippen LogP contribution is 2.19. The van der Waals surface area contributed by atoms with Crippen molar-refractivity contribution in [3.8, 4) is 0 Å². The van der Waals surface area contributed by atoms with Gasteiger partial charge in [0.1, 0.15) is 0 Å². The van der Waals surface area contributed by atoms with Crippen molar-refractivity contribution in [1.29, 1.82) is 0 Å². The van der Waals surface area contributed by atoms with Crippen molar-refractivity contribution in [2.45, 2.75) is 19.3 Å². The predicted molar refractivity (Wildman–Crippen MR) is 63.8 cm³/mol. The van der Waals surface area contributed by atoms with E-state index in [1.807, 2.05) is 12.1 Å². The van der Waals surface area contributed by atoms with Gasteiger partial charge in [-0.1, -0.05) is 61.5 Å². The van der Waals surface area contributed by atoms with Gasteiger partial charge in [-0.05, 0) is 29.5 Å². The molecule has 0 saturated heterocycles. The molecule has 0 N–H and O–H groups in total. The summed E-state index contributed by atoms with van der Waals surface area (Å²) in [6.45, 7) is 2.25. The van der Waals surface area contributed by atoms with Crippen molar-refractivity contribution in [1.82, 2.24) is 0 Å². The van der Waals surface area contributed by atoms with Crippen molar-refractivity contribution < 1.29 is 0 Å². The van der Waals surface area contributed by atoms with E-state index in [4.69, 9.17) is 0 Å². The van der Waals surface area contributed by atoms with Crippen LogP contribution in [-0.2, 0) is 6.42 Å². The molecule has 0 aliphatic rings. The van der Waals surface area contributed by atoms with Crippen molar-refractivity contribution in [2.24, 2.45) is 0 Å². The van der Waals surface area contributed by atoms with Crippen molar-refractivity contribution in [2.75, 3.05) is 0 Å². The second kappa shape index (κ2) is 4.79. The Morgan fingerprint density at radius 2 is 1.73 bits per heavy atom. The normalized spacial score (nSPS) is 12.3. The van der Waals surface area contributed by atoms with Crippen LogP contribution in [0.3, 0.4) is 0 Å². The molecule has 0 saturated carbocycles. The van der Waals surface area contributed by atoms with E-state index < -0.39 is 0 Å². The minimum absolute atomic E-state index is 0.536. The highest BCUT2D eigenvalue weighted by Gasteiger charge is 2.05. The molecule has 0 nitrogen and oxygen atoms in total. The lowest BCUT2D eigenvalue weighted by Gasteiger charge is -2.11. The zero-order chi connectivity index (χ0) is 10.5. The first-order valence-corrected chi connectivity index (χ1v) is 5.37. The zero-order valence-corrected chi connectivity index (χ0v) is 8.98. The molecule has 2 aromatic rings. The van der Waals surface area contributed by atoms with Crippen molar-refractivity contribution in [3.63, 3.8) is 0 Å². The molecule has 0 fully saturated rings. The Balaban J connectivity index is 2.08. The van der Waals surface area contributed by atoms with E-state index in [9.17, 15) is 0 Å². The SMILES string of the molecule is CC(Cc1ccccc1)c1[c]cccc1. The summed E-state index contributed by atoms with van der Waals surface area (Å²) in [6, 6.07) is 22.1. The van der Waals surface area contributed by atoms with Gasteiger partial charge in [-0.15, -0.1) is 0 Å². The highest BCUT2D eigenvalue weighted by molar-refractivity contribution is 5.22. The van der Waals surface area contributed by atoms with Crippen LogP contribution in [0.4, 0.5) is 0 Å². The first-order chi connectivity index (χ1) is 7.36. The van der Waals surface area contributed by atoms with Crippen molar-refractivity contribution >= 4 is 0 Å². The van der Waals surface area contributed by atoms with E-state index in [1.165, 1.54) is 11.1 Å². The lowest BCUT2D eigenvalue weighted by molar-refractivity contribution is 0.758. The van der Waals surface area contributed by atoms with Gasteiger partial charge >= 0.3 is 0 Å². The summed E-state index contributed by atoms with van der Waals surface area (Å²) in [5, 5.41) is 0. The average Bonchev–Trinajstić information content (AvgIpc) is 2.31. The fraction of sp³-hybridized carbons (Fsp3) is 0.200. The van der Waals surface area contributed by atoms with Crippen LogP contribution in [0.25, 0.3) is 0 Å². The Morgan fingerprint density at radius 1 is 1.00 bits per heavy atom. The quantitative estimate of drug-likeness (QED) is 0.698. The molecule has 1 unspecified atom stereocenters. The summed E-state index contributed by atoms with van der Waals surface area (Å²) >= 11 is 0. The summed E-state index contributed by atoms with van der Waals surface area (Å²) in [4.78, 5) is 0. The van der Waals surface area contributed by atoms with Crippen molar-refractivity contribution in [3.05, 3.63) is 71.8 Å². The molecular formula is C15H15.